The van der Waals surface area contributed by atoms with Crippen LogP contribution < -0.4 is 0 Å². The lowest BCUT2D eigenvalue weighted by Gasteiger charge is -2.19. The van der Waals surface area contributed by atoms with E-state index in [-0.39, 0.29) is 5.97 Å². The maximum absolute atomic E-state index is 10.5. The molecule has 0 fully saturated rings. The van der Waals surface area contributed by atoms with Crippen LogP contribution in [0.1, 0.15) is 6.92 Å². The Hall–Kier alpha value is -0.0231. The van der Waals surface area contributed by atoms with Crippen LogP contribution in [0.5, 0.6) is 0 Å². The predicted octanol–water partition coefficient (Wildman–Crippen LogP) is 1.99. The molecule has 0 bridgehead atoms. The van der Waals surface area contributed by atoms with E-state index in [4.69, 9.17) is 16.0 Å². The molecule has 0 unspecified atom stereocenters. The molecule has 0 rings (SSSR count). The summed E-state index contributed by atoms with van der Waals surface area (Å²) in [5.74, 6) is 0.383. The van der Waals surface area contributed by atoms with Crippen LogP contribution in [-0.4, -0.2) is 20.2 Å². The fourth-order valence-electron chi connectivity index (χ4n) is 0.668. The van der Waals surface area contributed by atoms with E-state index in [0.717, 1.165) is 6.04 Å². The summed E-state index contributed by atoms with van der Waals surface area (Å²) in [7, 11) is -1.75. The van der Waals surface area contributed by atoms with Crippen molar-refractivity contribution in [3.05, 3.63) is 0 Å². The van der Waals surface area contributed by atoms with Crippen molar-refractivity contribution in [3.63, 3.8) is 0 Å². The molecule has 0 heterocycles. The van der Waals surface area contributed by atoms with Crippen molar-refractivity contribution in [1.29, 1.82) is 0 Å². The highest BCUT2D eigenvalue weighted by Gasteiger charge is 2.24. The lowest BCUT2D eigenvalue weighted by molar-refractivity contribution is -0.132. The first-order valence-corrected chi connectivity index (χ1v) is 6.88. The van der Waals surface area contributed by atoms with Crippen LogP contribution in [0, 0.1) is 0 Å². The van der Waals surface area contributed by atoms with Crippen LogP contribution in [0.3, 0.4) is 0 Å². The number of carbonyl (C=O) groups excluding carboxylic acids is 1. The van der Waals surface area contributed by atoms with Crippen LogP contribution in [0.25, 0.3) is 0 Å². The highest BCUT2D eigenvalue weighted by molar-refractivity contribution is 6.73. The second-order valence-electron chi connectivity index (χ2n) is 2.79. The SMILES string of the molecule is CC(=O)O[Si](C)(C)CCCl. The minimum atomic E-state index is -1.75. The molecule has 0 amide bonds. The molecule has 0 aliphatic heterocycles. The molecule has 60 valence electrons. The molecule has 0 aromatic carbocycles. The van der Waals surface area contributed by atoms with Gasteiger partial charge in [0.2, 0.25) is 8.32 Å². The number of rotatable bonds is 3. The average Bonchev–Trinajstić information content (AvgIpc) is 1.59. The second-order valence-corrected chi connectivity index (χ2v) is 7.39. The van der Waals surface area contributed by atoms with Gasteiger partial charge in [0.1, 0.15) is 0 Å². The van der Waals surface area contributed by atoms with Gasteiger partial charge in [-0.25, -0.2) is 0 Å². The summed E-state index contributed by atoms with van der Waals surface area (Å²) < 4.78 is 5.09. The number of hydrogen-bond donors (Lipinski definition) is 0. The first kappa shape index (κ1) is 9.98. The lowest BCUT2D eigenvalue weighted by atomic mass is 10.9. The Morgan fingerprint density at radius 1 is 1.60 bits per heavy atom. The lowest BCUT2D eigenvalue weighted by Crippen LogP contribution is -2.32. The maximum atomic E-state index is 10.5. The summed E-state index contributed by atoms with van der Waals surface area (Å²) in [4.78, 5) is 10.5. The molecule has 0 radical (unpaired) electrons. The van der Waals surface area contributed by atoms with Gasteiger partial charge in [-0.1, -0.05) is 0 Å². The van der Waals surface area contributed by atoms with E-state index in [1.807, 2.05) is 13.1 Å². The van der Waals surface area contributed by atoms with Gasteiger partial charge < -0.3 is 4.43 Å². The predicted molar refractivity (Wildman–Crippen MR) is 44.8 cm³/mol. The zero-order valence-corrected chi connectivity index (χ0v) is 8.36. The Labute approximate surface area is 67.6 Å². The smallest absolute Gasteiger partial charge is 0.289 e. The van der Waals surface area contributed by atoms with Crippen molar-refractivity contribution < 1.29 is 9.22 Å². The Morgan fingerprint density at radius 2 is 2.10 bits per heavy atom. The third-order valence-corrected chi connectivity index (χ3v) is 3.92. The van der Waals surface area contributed by atoms with E-state index in [9.17, 15) is 4.79 Å². The standard InChI is InChI=1S/C6H13ClO2Si/c1-6(8)9-10(2,3)5-4-7/h4-5H2,1-3H3. The summed E-state index contributed by atoms with van der Waals surface area (Å²) in [6, 6.07) is 0.828. The van der Waals surface area contributed by atoms with Crippen molar-refractivity contribution in [2.75, 3.05) is 5.88 Å². The molecular formula is C6H13ClO2Si. The molecule has 0 aliphatic rings. The fraction of sp³-hybridized carbons (Fsp3) is 0.833. The van der Waals surface area contributed by atoms with E-state index in [1.54, 1.807) is 0 Å². The van der Waals surface area contributed by atoms with Gasteiger partial charge in [0.05, 0.1) is 0 Å². The Kier molecular flexibility index (Phi) is 3.97. The molecule has 4 heteroatoms. The summed E-state index contributed by atoms with van der Waals surface area (Å²) in [6.45, 7) is 5.40. The first-order chi connectivity index (χ1) is 4.48. The van der Waals surface area contributed by atoms with E-state index in [2.05, 4.69) is 0 Å². The fourth-order valence-corrected chi connectivity index (χ4v) is 3.37. The molecule has 0 aliphatic carbocycles. The minimum absolute atomic E-state index is 0.193. The summed E-state index contributed by atoms with van der Waals surface area (Å²) in [6.07, 6.45) is 0. The van der Waals surface area contributed by atoms with Crippen molar-refractivity contribution in [2.24, 2.45) is 0 Å². The van der Waals surface area contributed by atoms with E-state index in [0.29, 0.717) is 5.88 Å². The van der Waals surface area contributed by atoms with E-state index in [1.165, 1.54) is 6.92 Å². The quantitative estimate of drug-likeness (QED) is 0.491. The second kappa shape index (κ2) is 3.98. The van der Waals surface area contributed by atoms with Crippen LogP contribution in [0.2, 0.25) is 19.1 Å². The van der Waals surface area contributed by atoms with Gasteiger partial charge in [-0.2, -0.15) is 0 Å². The normalized spacial score (nSPS) is 11.2. The molecule has 0 aromatic rings. The van der Waals surface area contributed by atoms with Crippen molar-refractivity contribution in [3.8, 4) is 0 Å². The molecular weight excluding hydrogens is 168 g/mol. The zero-order chi connectivity index (χ0) is 8.20. The van der Waals surface area contributed by atoms with Gasteiger partial charge in [-0.15, -0.1) is 11.6 Å². The largest absolute Gasteiger partial charge is 0.520 e. The van der Waals surface area contributed by atoms with E-state index < -0.39 is 8.32 Å². The molecule has 2 nitrogen and oxygen atoms in total. The summed E-state index contributed by atoms with van der Waals surface area (Å²) in [5, 5.41) is 0. The number of hydrogen-bond acceptors (Lipinski definition) is 2. The summed E-state index contributed by atoms with van der Waals surface area (Å²) >= 11 is 5.51. The zero-order valence-electron chi connectivity index (χ0n) is 6.61. The number of carbonyl (C=O) groups is 1. The number of alkyl halides is 1. The Bertz CT molecular complexity index is 125. The summed E-state index contributed by atoms with van der Waals surface area (Å²) in [5.41, 5.74) is 0. The first-order valence-electron chi connectivity index (χ1n) is 3.23. The van der Waals surface area contributed by atoms with Crippen LogP contribution in [0.4, 0.5) is 0 Å². The average molecular weight is 181 g/mol. The van der Waals surface area contributed by atoms with Crippen molar-refractivity contribution >= 4 is 25.9 Å². The van der Waals surface area contributed by atoms with Crippen molar-refractivity contribution in [1.82, 2.24) is 0 Å². The van der Waals surface area contributed by atoms with Gasteiger partial charge in [-0.3, -0.25) is 4.79 Å². The highest BCUT2D eigenvalue weighted by atomic mass is 35.5. The minimum Gasteiger partial charge on any atom is -0.520 e. The molecule has 0 saturated heterocycles. The van der Waals surface area contributed by atoms with E-state index >= 15 is 0 Å². The maximum Gasteiger partial charge on any atom is 0.289 e. The van der Waals surface area contributed by atoms with Crippen molar-refractivity contribution in [2.45, 2.75) is 26.1 Å². The molecule has 10 heavy (non-hydrogen) atoms. The Morgan fingerprint density at radius 3 is 2.40 bits per heavy atom. The number of halogens is 1. The topological polar surface area (TPSA) is 26.3 Å². The molecule has 0 aromatic heterocycles. The third kappa shape index (κ3) is 4.82. The highest BCUT2D eigenvalue weighted by Crippen LogP contribution is 2.11. The van der Waals surface area contributed by atoms with Gasteiger partial charge >= 0.3 is 0 Å². The molecule has 0 saturated carbocycles. The van der Waals surface area contributed by atoms with Gasteiger partial charge in [0.25, 0.3) is 5.97 Å². The van der Waals surface area contributed by atoms with Crippen LogP contribution >= 0.6 is 11.6 Å². The van der Waals surface area contributed by atoms with Gasteiger partial charge in [0, 0.05) is 12.8 Å². The van der Waals surface area contributed by atoms with Gasteiger partial charge in [0.15, 0.2) is 0 Å². The molecule has 0 spiro atoms. The molecule has 0 atom stereocenters. The Balaban J connectivity index is 3.74. The van der Waals surface area contributed by atoms with Crippen LogP contribution in [0.15, 0.2) is 0 Å². The third-order valence-electron chi connectivity index (χ3n) is 1.12. The van der Waals surface area contributed by atoms with Gasteiger partial charge in [-0.05, 0) is 19.1 Å². The van der Waals surface area contributed by atoms with Crippen LogP contribution in [-0.2, 0) is 9.22 Å². The molecule has 0 N–H and O–H groups in total. The monoisotopic (exact) mass is 180 g/mol.